The molecule has 0 saturated carbocycles. The summed E-state index contributed by atoms with van der Waals surface area (Å²) in [4.78, 5) is 2.55. The molecule has 1 nitrogen and oxygen atoms in total. The van der Waals surface area contributed by atoms with Crippen LogP contribution < -0.4 is 0 Å². The minimum absolute atomic E-state index is 0.246. The summed E-state index contributed by atoms with van der Waals surface area (Å²) in [6.45, 7) is 5.99. The van der Waals surface area contributed by atoms with E-state index in [2.05, 4.69) is 28.0 Å². The van der Waals surface area contributed by atoms with Gasteiger partial charge in [0.2, 0.25) is 0 Å². The molecule has 0 spiro atoms. The van der Waals surface area contributed by atoms with E-state index in [1.807, 2.05) is 0 Å². The van der Waals surface area contributed by atoms with Gasteiger partial charge in [-0.25, -0.2) is 0 Å². The van der Waals surface area contributed by atoms with Crippen molar-refractivity contribution in [1.29, 1.82) is 0 Å². The van der Waals surface area contributed by atoms with Gasteiger partial charge in [-0.3, -0.25) is 4.90 Å². The number of halogens is 1. The molecule has 0 bridgehead atoms. The Morgan fingerprint density at radius 3 is 3.33 bits per heavy atom. The molecule has 2 rings (SSSR count). The van der Waals surface area contributed by atoms with Crippen LogP contribution in [0.15, 0.2) is 21.3 Å². The van der Waals surface area contributed by atoms with Crippen molar-refractivity contribution in [3.8, 4) is 0 Å². The highest BCUT2D eigenvalue weighted by molar-refractivity contribution is 14.2. The highest BCUT2D eigenvalue weighted by Crippen LogP contribution is 2.29. The van der Waals surface area contributed by atoms with Crippen LogP contribution in [0.1, 0.15) is 13.3 Å². The van der Waals surface area contributed by atoms with Crippen molar-refractivity contribution >= 4 is 24.7 Å². The van der Waals surface area contributed by atoms with Crippen LogP contribution in [0.4, 0.5) is 0 Å². The lowest BCUT2D eigenvalue weighted by molar-refractivity contribution is 0.310. The SMILES string of the molecule is CCN1CCC2=C(C1)I=CC=C2. The van der Waals surface area contributed by atoms with Crippen molar-refractivity contribution in [2.24, 2.45) is 0 Å². The lowest BCUT2D eigenvalue weighted by Gasteiger charge is -2.28. The molecule has 2 heterocycles. The zero-order valence-electron chi connectivity index (χ0n) is 7.39. The van der Waals surface area contributed by atoms with E-state index < -0.39 is 0 Å². The Kier molecular flexibility index (Phi) is 2.76. The fourth-order valence-electron chi connectivity index (χ4n) is 1.60. The van der Waals surface area contributed by atoms with E-state index >= 15 is 0 Å². The Labute approximate surface area is 83.9 Å². The van der Waals surface area contributed by atoms with Gasteiger partial charge in [0, 0.05) is 16.7 Å². The zero-order chi connectivity index (χ0) is 8.39. The molecule has 2 aliphatic rings. The summed E-state index contributed by atoms with van der Waals surface area (Å²) in [7, 11) is 0. The van der Waals surface area contributed by atoms with Crippen molar-refractivity contribution in [1.82, 2.24) is 4.90 Å². The largest absolute Gasteiger partial charge is 0.299 e. The number of rotatable bonds is 1. The summed E-state index contributed by atoms with van der Waals surface area (Å²) in [6.07, 6.45) is 5.84. The summed E-state index contributed by atoms with van der Waals surface area (Å²) < 4.78 is 4.13. The summed E-state index contributed by atoms with van der Waals surface area (Å²) in [6, 6.07) is 0. The zero-order valence-corrected chi connectivity index (χ0v) is 9.54. The van der Waals surface area contributed by atoms with Crippen LogP contribution >= 0.6 is 20.7 Å². The van der Waals surface area contributed by atoms with Crippen molar-refractivity contribution < 1.29 is 0 Å². The molecule has 0 N–H and O–H groups in total. The van der Waals surface area contributed by atoms with Crippen LogP contribution in [-0.4, -0.2) is 28.5 Å². The Morgan fingerprint density at radius 1 is 1.58 bits per heavy atom. The molecule has 0 saturated heterocycles. The molecule has 0 aromatic rings. The third-order valence-corrected chi connectivity index (χ3v) is 4.98. The van der Waals surface area contributed by atoms with E-state index in [0.717, 1.165) is 0 Å². The number of likely N-dealkylation sites (N-methyl/N-ethyl adjacent to an activating group) is 1. The van der Waals surface area contributed by atoms with E-state index in [1.54, 1.807) is 9.15 Å². The molecule has 66 valence electrons. The maximum Gasteiger partial charge on any atom is 0.0290 e. The molecule has 0 aromatic carbocycles. The van der Waals surface area contributed by atoms with Crippen molar-refractivity contribution in [2.75, 3.05) is 19.6 Å². The van der Waals surface area contributed by atoms with Gasteiger partial charge in [0.1, 0.15) is 0 Å². The average Bonchev–Trinajstić information content (AvgIpc) is 2.17. The topological polar surface area (TPSA) is 3.24 Å². The highest BCUT2D eigenvalue weighted by Gasteiger charge is 2.15. The Hall–Kier alpha value is 0.0400. The van der Waals surface area contributed by atoms with Gasteiger partial charge in [-0.1, -0.05) is 39.8 Å². The summed E-state index contributed by atoms with van der Waals surface area (Å²) >= 11 is 0.246. The van der Waals surface area contributed by atoms with E-state index in [-0.39, 0.29) is 20.7 Å². The molecule has 0 fully saturated rings. The first kappa shape index (κ1) is 8.63. The van der Waals surface area contributed by atoms with Crippen molar-refractivity contribution in [2.45, 2.75) is 13.3 Å². The van der Waals surface area contributed by atoms with Crippen molar-refractivity contribution in [3.63, 3.8) is 0 Å². The van der Waals surface area contributed by atoms with Gasteiger partial charge < -0.3 is 0 Å². The second kappa shape index (κ2) is 3.83. The maximum atomic E-state index is 2.55. The molecular weight excluding hydrogens is 261 g/mol. The summed E-state index contributed by atoms with van der Waals surface area (Å²) in [5.41, 5.74) is 1.65. The molecule has 0 atom stereocenters. The fraction of sp³-hybridized carbons (Fsp3) is 0.500. The predicted octanol–water partition coefficient (Wildman–Crippen LogP) is 2.31. The molecule has 0 unspecified atom stereocenters. The summed E-state index contributed by atoms with van der Waals surface area (Å²) in [5.74, 6) is 0. The third-order valence-electron chi connectivity index (χ3n) is 2.42. The first-order chi connectivity index (χ1) is 5.90. The smallest absolute Gasteiger partial charge is 0.0290 e. The number of nitrogens with zero attached hydrogens (tertiary/aromatic N) is 1. The second-order valence-corrected chi connectivity index (χ2v) is 5.79. The molecule has 0 aromatic heterocycles. The van der Waals surface area contributed by atoms with Crippen LogP contribution in [0, 0.1) is 0 Å². The van der Waals surface area contributed by atoms with E-state index in [1.165, 1.54) is 26.1 Å². The lowest BCUT2D eigenvalue weighted by Crippen LogP contribution is -2.30. The van der Waals surface area contributed by atoms with Gasteiger partial charge >= 0.3 is 0 Å². The first-order valence-corrected chi connectivity index (χ1v) is 6.80. The van der Waals surface area contributed by atoms with Crippen LogP contribution in [0.5, 0.6) is 0 Å². The molecule has 0 amide bonds. The predicted molar refractivity (Wildman–Crippen MR) is 63.0 cm³/mol. The second-order valence-electron chi connectivity index (χ2n) is 3.14. The molecule has 12 heavy (non-hydrogen) atoms. The lowest BCUT2D eigenvalue weighted by atomic mass is 10.1. The maximum absolute atomic E-state index is 2.55. The van der Waals surface area contributed by atoms with Crippen LogP contribution in [0.25, 0.3) is 0 Å². The van der Waals surface area contributed by atoms with Gasteiger partial charge in [0.25, 0.3) is 0 Å². The molecular formula is C10H14IN. The quantitative estimate of drug-likeness (QED) is 0.664. The van der Waals surface area contributed by atoms with E-state index in [9.17, 15) is 0 Å². The third kappa shape index (κ3) is 1.69. The van der Waals surface area contributed by atoms with Crippen LogP contribution in [0.2, 0.25) is 0 Å². The van der Waals surface area contributed by atoms with Crippen LogP contribution in [-0.2, 0) is 0 Å². The highest BCUT2D eigenvalue weighted by atomic mass is 127. The van der Waals surface area contributed by atoms with Gasteiger partial charge in [-0.05, 0) is 22.6 Å². The minimum Gasteiger partial charge on any atom is -0.299 e. The number of allylic oxidation sites excluding steroid dienone is 2. The monoisotopic (exact) mass is 275 g/mol. The van der Waals surface area contributed by atoms with Gasteiger partial charge in [0.15, 0.2) is 0 Å². The van der Waals surface area contributed by atoms with E-state index in [0.29, 0.717) is 0 Å². The minimum atomic E-state index is 0.246. The fourth-order valence-corrected chi connectivity index (χ4v) is 3.98. The van der Waals surface area contributed by atoms with E-state index in [4.69, 9.17) is 0 Å². The van der Waals surface area contributed by atoms with Crippen molar-refractivity contribution in [3.05, 3.63) is 21.3 Å². The van der Waals surface area contributed by atoms with Crippen LogP contribution in [0.3, 0.4) is 0 Å². The number of hydrogen-bond donors (Lipinski definition) is 0. The van der Waals surface area contributed by atoms with Gasteiger partial charge in [-0.15, -0.1) is 0 Å². The molecule has 0 radical (unpaired) electrons. The van der Waals surface area contributed by atoms with Gasteiger partial charge in [0.05, 0.1) is 0 Å². The molecule has 2 heteroatoms. The Morgan fingerprint density at radius 2 is 2.50 bits per heavy atom. The Balaban J connectivity index is 2.18. The average molecular weight is 275 g/mol. The normalized spacial score (nSPS) is 23.8. The summed E-state index contributed by atoms with van der Waals surface area (Å²) in [5, 5.41) is 0. The standard InChI is InChI=1S/C10H14IN/c1-2-12-7-5-9-4-3-6-11-10(9)8-12/h3-4,6H,2,5,7-8H2,1H3. The number of hydrogen-bond acceptors (Lipinski definition) is 1. The molecule has 0 aliphatic carbocycles. The first-order valence-electron chi connectivity index (χ1n) is 4.48. The Bertz CT molecular complexity index is 263. The van der Waals surface area contributed by atoms with Gasteiger partial charge in [-0.2, -0.15) is 0 Å². The molecule has 2 aliphatic heterocycles.